The lowest BCUT2D eigenvalue weighted by Gasteiger charge is -2.31. The molecule has 0 aromatic carbocycles. The van der Waals surface area contributed by atoms with Crippen molar-refractivity contribution in [3.63, 3.8) is 0 Å². The number of aromatic nitrogens is 1. The second kappa shape index (κ2) is 4.71. The number of sulfonamides is 1. The van der Waals surface area contributed by atoms with Gasteiger partial charge in [-0.05, 0) is 25.0 Å². The Balaban J connectivity index is 1.85. The van der Waals surface area contributed by atoms with Crippen molar-refractivity contribution in [2.75, 3.05) is 18.5 Å². The summed E-state index contributed by atoms with van der Waals surface area (Å²) < 4.78 is 32.1. The van der Waals surface area contributed by atoms with Crippen LogP contribution in [0.15, 0.2) is 23.2 Å². The topological polar surface area (TPSA) is 97.5 Å². The fraction of sp³-hybridized carbons (Fsp3) is 0.545. The Morgan fingerprint density at radius 2 is 2.00 bits per heavy atom. The summed E-state index contributed by atoms with van der Waals surface area (Å²) >= 11 is 0. The molecule has 1 aromatic heterocycles. The average Bonchev–Trinajstić information content (AvgIpc) is 2.77. The Kier molecular flexibility index (Phi) is 3.17. The first kappa shape index (κ1) is 12.8. The van der Waals surface area contributed by atoms with Gasteiger partial charge in [-0.1, -0.05) is 0 Å². The molecule has 7 nitrogen and oxygen atoms in total. The van der Waals surface area contributed by atoms with Gasteiger partial charge in [-0.2, -0.15) is 4.31 Å². The van der Waals surface area contributed by atoms with Crippen molar-refractivity contribution >= 4 is 15.8 Å². The highest BCUT2D eigenvalue weighted by Crippen LogP contribution is 2.29. The van der Waals surface area contributed by atoms with E-state index in [1.807, 2.05) is 0 Å². The molecule has 0 spiro atoms. The van der Waals surface area contributed by atoms with Gasteiger partial charge >= 0.3 is 0 Å². The lowest BCUT2D eigenvalue weighted by atomic mass is 10.2. The first-order valence-electron chi connectivity index (χ1n) is 6.18. The van der Waals surface area contributed by atoms with Crippen LogP contribution in [0.2, 0.25) is 0 Å². The second-order valence-electron chi connectivity index (χ2n) is 4.80. The molecule has 2 fully saturated rings. The van der Waals surface area contributed by atoms with Gasteiger partial charge < -0.3 is 10.2 Å². The van der Waals surface area contributed by atoms with E-state index in [2.05, 4.69) is 10.4 Å². The van der Waals surface area contributed by atoms with Crippen LogP contribution in [-0.4, -0.2) is 43.0 Å². The van der Waals surface area contributed by atoms with E-state index < -0.39 is 10.0 Å². The molecule has 2 atom stereocenters. The summed E-state index contributed by atoms with van der Waals surface area (Å²) in [5.41, 5.74) is 2.37. The molecule has 0 radical (unpaired) electrons. The zero-order chi connectivity index (χ0) is 13.5. The predicted molar refractivity (Wildman–Crippen MR) is 68.7 cm³/mol. The fourth-order valence-corrected chi connectivity index (χ4v) is 3.99. The zero-order valence-corrected chi connectivity index (χ0v) is 11.1. The standard InChI is InChI=1S/C11H16N4O3S/c12-14-11-4-3-10(5-13-11)19(16,17)15-6-8-1-2-9(7-15)18-8/h3-5,8-9H,1-2,6-7,12H2,(H,13,14). The lowest BCUT2D eigenvalue weighted by Crippen LogP contribution is -2.45. The number of ether oxygens (including phenoxy) is 1. The maximum Gasteiger partial charge on any atom is 0.244 e. The van der Waals surface area contributed by atoms with Crippen LogP contribution in [0.4, 0.5) is 5.82 Å². The number of hydrogen-bond donors (Lipinski definition) is 2. The fourth-order valence-electron chi connectivity index (χ4n) is 2.54. The van der Waals surface area contributed by atoms with Crippen molar-refractivity contribution in [2.45, 2.75) is 29.9 Å². The molecule has 3 heterocycles. The maximum absolute atomic E-state index is 12.5. The summed E-state index contributed by atoms with van der Waals surface area (Å²) in [5.74, 6) is 5.64. The molecule has 104 valence electrons. The summed E-state index contributed by atoms with van der Waals surface area (Å²) in [7, 11) is -3.49. The third kappa shape index (κ3) is 2.32. The Hall–Kier alpha value is -1.22. The van der Waals surface area contributed by atoms with E-state index in [-0.39, 0.29) is 17.1 Å². The van der Waals surface area contributed by atoms with Crippen LogP contribution >= 0.6 is 0 Å². The predicted octanol–water partition coefficient (Wildman–Crippen LogP) is -0.0809. The van der Waals surface area contributed by atoms with Crippen molar-refractivity contribution in [2.24, 2.45) is 5.84 Å². The van der Waals surface area contributed by atoms with Gasteiger partial charge in [0, 0.05) is 19.3 Å². The number of nitrogens with two attached hydrogens (primary N) is 1. The molecule has 2 saturated heterocycles. The normalized spacial score (nSPS) is 27.4. The van der Waals surface area contributed by atoms with Crippen LogP contribution in [0, 0.1) is 0 Å². The Labute approximate surface area is 111 Å². The lowest BCUT2D eigenvalue weighted by molar-refractivity contribution is -0.0114. The van der Waals surface area contributed by atoms with E-state index in [1.165, 1.54) is 16.6 Å². The summed E-state index contributed by atoms with van der Waals surface area (Å²) in [6.45, 7) is 0.853. The third-order valence-electron chi connectivity index (χ3n) is 3.53. The number of anilines is 1. The Morgan fingerprint density at radius 1 is 1.32 bits per heavy atom. The minimum Gasteiger partial charge on any atom is -0.372 e. The maximum atomic E-state index is 12.5. The quantitative estimate of drug-likeness (QED) is 0.595. The number of rotatable bonds is 3. The van der Waals surface area contributed by atoms with E-state index in [0.29, 0.717) is 18.9 Å². The molecular formula is C11H16N4O3S. The van der Waals surface area contributed by atoms with E-state index in [4.69, 9.17) is 10.6 Å². The van der Waals surface area contributed by atoms with Gasteiger partial charge in [0.05, 0.1) is 12.2 Å². The molecular weight excluding hydrogens is 268 g/mol. The van der Waals surface area contributed by atoms with Crippen LogP contribution in [0.1, 0.15) is 12.8 Å². The van der Waals surface area contributed by atoms with Gasteiger partial charge in [-0.25, -0.2) is 19.2 Å². The van der Waals surface area contributed by atoms with Crippen LogP contribution in [0.3, 0.4) is 0 Å². The molecule has 0 saturated carbocycles. The number of hydrazine groups is 1. The second-order valence-corrected chi connectivity index (χ2v) is 6.74. The van der Waals surface area contributed by atoms with Gasteiger partial charge in [0.2, 0.25) is 10.0 Å². The number of pyridine rings is 1. The summed E-state index contributed by atoms with van der Waals surface area (Å²) in [4.78, 5) is 4.13. The monoisotopic (exact) mass is 284 g/mol. The number of nitrogens with one attached hydrogen (secondary N) is 1. The van der Waals surface area contributed by atoms with Crippen molar-refractivity contribution in [1.82, 2.24) is 9.29 Å². The molecule has 3 rings (SSSR count). The van der Waals surface area contributed by atoms with E-state index >= 15 is 0 Å². The minimum absolute atomic E-state index is 0.0338. The molecule has 3 N–H and O–H groups in total. The van der Waals surface area contributed by atoms with Gasteiger partial charge in [-0.15, -0.1) is 0 Å². The highest BCUT2D eigenvalue weighted by Gasteiger charge is 2.39. The van der Waals surface area contributed by atoms with Gasteiger partial charge in [0.15, 0.2) is 0 Å². The first-order chi connectivity index (χ1) is 9.09. The number of nitrogen functional groups attached to an aromatic ring is 1. The van der Waals surface area contributed by atoms with Gasteiger partial charge in [0.25, 0.3) is 0 Å². The highest BCUT2D eigenvalue weighted by molar-refractivity contribution is 7.89. The molecule has 0 amide bonds. The molecule has 2 aliphatic heterocycles. The molecule has 8 heteroatoms. The van der Waals surface area contributed by atoms with E-state index in [1.54, 1.807) is 6.07 Å². The molecule has 2 unspecified atom stereocenters. The minimum atomic E-state index is -3.49. The summed E-state index contributed by atoms with van der Waals surface area (Å²) in [5, 5.41) is 0. The molecule has 0 aliphatic carbocycles. The van der Waals surface area contributed by atoms with E-state index in [9.17, 15) is 8.42 Å². The number of fused-ring (bicyclic) bond motifs is 2. The number of morpholine rings is 1. The molecule has 2 bridgehead atoms. The van der Waals surface area contributed by atoms with Gasteiger partial charge in [-0.3, -0.25) is 0 Å². The number of nitrogens with zero attached hydrogens (tertiary/aromatic N) is 2. The third-order valence-corrected chi connectivity index (χ3v) is 5.35. The van der Waals surface area contributed by atoms with Crippen LogP contribution in [0.25, 0.3) is 0 Å². The number of hydrogen-bond acceptors (Lipinski definition) is 6. The Morgan fingerprint density at radius 3 is 2.53 bits per heavy atom. The average molecular weight is 284 g/mol. The van der Waals surface area contributed by atoms with Gasteiger partial charge in [0.1, 0.15) is 10.7 Å². The summed E-state index contributed by atoms with van der Waals surface area (Å²) in [6.07, 6.45) is 3.26. The molecule has 2 aliphatic rings. The van der Waals surface area contributed by atoms with E-state index in [0.717, 1.165) is 12.8 Å². The Bertz CT molecular complexity index is 548. The van der Waals surface area contributed by atoms with Crippen LogP contribution in [0.5, 0.6) is 0 Å². The summed E-state index contributed by atoms with van der Waals surface area (Å²) in [6, 6.07) is 3.05. The molecule has 1 aromatic rings. The van der Waals surface area contributed by atoms with Crippen molar-refractivity contribution in [3.05, 3.63) is 18.3 Å². The van der Waals surface area contributed by atoms with Crippen molar-refractivity contribution in [1.29, 1.82) is 0 Å². The first-order valence-corrected chi connectivity index (χ1v) is 7.62. The van der Waals surface area contributed by atoms with Crippen LogP contribution in [-0.2, 0) is 14.8 Å². The largest absolute Gasteiger partial charge is 0.372 e. The van der Waals surface area contributed by atoms with Crippen molar-refractivity contribution < 1.29 is 13.2 Å². The van der Waals surface area contributed by atoms with Crippen molar-refractivity contribution in [3.8, 4) is 0 Å². The smallest absolute Gasteiger partial charge is 0.244 e. The highest BCUT2D eigenvalue weighted by atomic mass is 32.2. The molecule has 19 heavy (non-hydrogen) atoms. The van der Waals surface area contributed by atoms with Crippen LogP contribution < -0.4 is 11.3 Å². The zero-order valence-electron chi connectivity index (χ0n) is 10.3. The SMILES string of the molecule is NNc1ccc(S(=O)(=O)N2CC3CCC(C2)O3)cn1.